The molecule has 3 rings (SSSR count). The van der Waals surface area contributed by atoms with Gasteiger partial charge in [-0.15, -0.1) is 0 Å². The number of carbonyl (C=O) groups is 2. The first-order valence-corrected chi connectivity index (χ1v) is 8.19. The van der Waals surface area contributed by atoms with E-state index >= 15 is 0 Å². The monoisotopic (exact) mass is 336 g/mol. The Morgan fingerprint density at radius 3 is 2.80 bits per heavy atom. The van der Waals surface area contributed by atoms with Crippen molar-refractivity contribution in [2.75, 3.05) is 23.9 Å². The summed E-state index contributed by atoms with van der Waals surface area (Å²) in [5.41, 5.74) is 2.36. The molecule has 0 unspecified atom stereocenters. The molecule has 0 aliphatic carbocycles. The number of carbonyl (C=O) groups excluding carboxylic acids is 2. The van der Waals surface area contributed by atoms with Gasteiger partial charge in [-0.1, -0.05) is 18.2 Å². The minimum absolute atomic E-state index is 0.126. The Labute approximate surface area is 146 Å². The van der Waals surface area contributed by atoms with Crippen molar-refractivity contribution < 1.29 is 14.3 Å². The van der Waals surface area contributed by atoms with Crippen LogP contribution in [-0.4, -0.2) is 25.5 Å². The first-order valence-electron chi connectivity index (χ1n) is 8.19. The van der Waals surface area contributed by atoms with Crippen LogP contribution >= 0.6 is 0 Å². The van der Waals surface area contributed by atoms with Gasteiger partial charge in [-0.05, 0) is 48.4 Å². The molecule has 1 aliphatic rings. The number of hydrogen-bond donors (Lipinski definition) is 1. The molecule has 0 aromatic heterocycles. The molecule has 1 fully saturated rings. The van der Waals surface area contributed by atoms with Crippen LogP contribution in [0.15, 0.2) is 54.6 Å². The molecule has 2 aromatic rings. The first kappa shape index (κ1) is 16.8. The molecule has 5 heteroatoms. The molecule has 0 bridgehead atoms. The van der Waals surface area contributed by atoms with Crippen molar-refractivity contribution in [1.29, 1.82) is 0 Å². The standard InChI is InChI=1S/C20H20N2O3/c1-25-18-8-2-5-15(13-18)10-11-19(23)21-16-6-3-7-17(14-16)22-12-4-9-20(22)24/h2-3,5-8,10-11,13-14H,4,9,12H2,1H3,(H,21,23)/b11-10+. The van der Waals surface area contributed by atoms with Crippen LogP contribution in [0.1, 0.15) is 18.4 Å². The Morgan fingerprint density at radius 1 is 1.20 bits per heavy atom. The fraction of sp³-hybridized carbons (Fsp3) is 0.200. The number of hydrogen-bond acceptors (Lipinski definition) is 3. The Morgan fingerprint density at radius 2 is 2.04 bits per heavy atom. The quantitative estimate of drug-likeness (QED) is 0.851. The van der Waals surface area contributed by atoms with Gasteiger partial charge in [0.05, 0.1) is 7.11 Å². The van der Waals surface area contributed by atoms with E-state index < -0.39 is 0 Å². The Bertz CT molecular complexity index is 814. The van der Waals surface area contributed by atoms with E-state index in [2.05, 4.69) is 5.32 Å². The lowest BCUT2D eigenvalue weighted by Gasteiger charge is -2.16. The lowest BCUT2D eigenvalue weighted by Crippen LogP contribution is -2.23. The third-order valence-electron chi connectivity index (χ3n) is 4.02. The number of nitrogens with zero attached hydrogens (tertiary/aromatic N) is 1. The molecule has 1 saturated heterocycles. The molecule has 1 heterocycles. The van der Waals surface area contributed by atoms with E-state index in [0.29, 0.717) is 12.1 Å². The van der Waals surface area contributed by atoms with Crippen LogP contribution in [0.2, 0.25) is 0 Å². The number of benzene rings is 2. The number of nitrogens with one attached hydrogen (secondary N) is 1. The summed E-state index contributed by atoms with van der Waals surface area (Å²) in [6.45, 7) is 0.728. The van der Waals surface area contributed by atoms with E-state index in [9.17, 15) is 9.59 Å². The fourth-order valence-corrected chi connectivity index (χ4v) is 2.77. The van der Waals surface area contributed by atoms with Crippen molar-refractivity contribution in [3.63, 3.8) is 0 Å². The van der Waals surface area contributed by atoms with Crippen molar-refractivity contribution >= 4 is 29.3 Å². The largest absolute Gasteiger partial charge is 0.497 e. The van der Waals surface area contributed by atoms with Crippen LogP contribution in [0, 0.1) is 0 Å². The average Bonchev–Trinajstić information content (AvgIpc) is 3.06. The fourth-order valence-electron chi connectivity index (χ4n) is 2.77. The second-order valence-corrected chi connectivity index (χ2v) is 5.80. The molecular formula is C20H20N2O3. The van der Waals surface area contributed by atoms with Gasteiger partial charge in [0.2, 0.25) is 11.8 Å². The highest BCUT2D eigenvalue weighted by Gasteiger charge is 2.21. The van der Waals surface area contributed by atoms with Gasteiger partial charge in [-0.2, -0.15) is 0 Å². The van der Waals surface area contributed by atoms with Gasteiger partial charge in [-0.3, -0.25) is 9.59 Å². The SMILES string of the molecule is COc1cccc(/C=C/C(=O)Nc2cccc(N3CCCC3=O)c2)c1. The van der Waals surface area contributed by atoms with E-state index in [4.69, 9.17) is 4.74 Å². The van der Waals surface area contributed by atoms with Gasteiger partial charge in [0.1, 0.15) is 5.75 Å². The van der Waals surface area contributed by atoms with Crippen LogP contribution in [0.3, 0.4) is 0 Å². The van der Waals surface area contributed by atoms with Crippen molar-refractivity contribution in [3.8, 4) is 5.75 Å². The summed E-state index contributed by atoms with van der Waals surface area (Å²) >= 11 is 0. The highest BCUT2D eigenvalue weighted by Crippen LogP contribution is 2.24. The summed E-state index contributed by atoms with van der Waals surface area (Å²) in [4.78, 5) is 25.7. The van der Waals surface area contributed by atoms with Crippen LogP contribution < -0.4 is 15.0 Å². The summed E-state index contributed by atoms with van der Waals surface area (Å²) in [5, 5.41) is 2.82. The lowest BCUT2D eigenvalue weighted by atomic mass is 10.2. The van der Waals surface area contributed by atoms with E-state index in [1.165, 1.54) is 6.08 Å². The van der Waals surface area contributed by atoms with Gasteiger partial charge in [0, 0.05) is 30.4 Å². The summed E-state index contributed by atoms with van der Waals surface area (Å²) < 4.78 is 5.16. The molecule has 128 valence electrons. The van der Waals surface area contributed by atoms with Crippen LogP contribution in [0.5, 0.6) is 5.75 Å². The van der Waals surface area contributed by atoms with E-state index in [1.54, 1.807) is 24.2 Å². The van der Waals surface area contributed by atoms with Crippen molar-refractivity contribution in [3.05, 3.63) is 60.2 Å². The van der Waals surface area contributed by atoms with Gasteiger partial charge in [0.25, 0.3) is 0 Å². The second-order valence-electron chi connectivity index (χ2n) is 5.80. The lowest BCUT2D eigenvalue weighted by molar-refractivity contribution is -0.117. The molecule has 2 amide bonds. The summed E-state index contributed by atoms with van der Waals surface area (Å²) in [6, 6.07) is 14.8. The molecule has 0 atom stereocenters. The predicted octanol–water partition coefficient (Wildman–Crippen LogP) is 3.47. The number of methoxy groups -OCH3 is 1. The molecule has 25 heavy (non-hydrogen) atoms. The molecule has 0 radical (unpaired) electrons. The Balaban J connectivity index is 1.66. The topological polar surface area (TPSA) is 58.6 Å². The smallest absolute Gasteiger partial charge is 0.248 e. The third kappa shape index (κ3) is 4.26. The van der Waals surface area contributed by atoms with Gasteiger partial charge >= 0.3 is 0 Å². The van der Waals surface area contributed by atoms with E-state index in [0.717, 1.165) is 30.0 Å². The minimum Gasteiger partial charge on any atom is -0.497 e. The van der Waals surface area contributed by atoms with Crippen molar-refractivity contribution in [2.24, 2.45) is 0 Å². The third-order valence-corrected chi connectivity index (χ3v) is 4.02. The maximum Gasteiger partial charge on any atom is 0.248 e. The highest BCUT2D eigenvalue weighted by atomic mass is 16.5. The molecule has 0 spiro atoms. The Kier molecular flexibility index (Phi) is 5.14. The molecule has 5 nitrogen and oxygen atoms in total. The zero-order valence-corrected chi connectivity index (χ0v) is 14.1. The molecule has 0 saturated carbocycles. The van der Waals surface area contributed by atoms with Gasteiger partial charge in [0.15, 0.2) is 0 Å². The predicted molar refractivity (Wildman–Crippen MR) is 98.7 cm³/mol. The maximum atomic E-state index is 12.1. The number of anilines is 2. The highest BCUT2D eigenvalue weighted by molar-refractivity contribution is 6.02. The molecule has 1 aliphatic heterocycles. The van der Waals surface area contributed by atoms with Crippen LogP contribution in [0.25, 0.3) is 6.08 Å². The average molecular weight is 336 g/mol. The van der Waals surface area contributed by atoms with Gasteiger partial charge < -0.3 is 15.0 Å². The summed E-state index contributed by atoms with van der Waals surface area (Å²) in [5.74, 6) is 0.639. The number of ether oxygens (including phenoxy) is 1. The van der Waals surface area contributed by atoms with Crippen molar-refractivity contribution in [2.45, 2.75) is 12.8 Å². The van der Waals surface area contributed by atoms with Crippen molar-refractivity contribution in [1.82, 2.24) is 0 Å². The second kappa shape index (κ2) is 7.66. The summed E-state index contributed by atoms with van der Waals surface area (Å²) in [6.07, 6.45) is 4.66. The zero-order valence-electron chi connectivity index (χ0n) is 14.1. The van der Waals surface area contributed by atoms with Crippen LogP contribution in [-0.2, 0) is 9.59 Å². The maximum absolute atomic E-state index is 12.1. The molecule has 1 N–H and O–H groups in total. The molecular weight excluding hydrogens is 316 g/mol. The zero-order chi connectivity index (χ0) is 17.6. The number of amides is 2. The van der Waals surface area contributed by atoms with Gasteiger partial charge in [-0.25, -0.2) is 0 Å². The minimum atomic E-state index is -0.229. The van der Waals surface area contributed by atoms with Crippen LogP contribution in [0.4, 0.5) is 11.4 Å². The Hall–Kier alpha value is -3.08. The summed E-state index contributed by atoms with van der Waals surface area (Å²) in [7, 11) is 1.60. The van der Waals surface area contributed by atoms with E-state index in [-0.39, 0.29) is 11.8 Å². The number of rotatable bonds is 5. The van der Waals surface area contributed by atoms with E-state index in [1.807, 2.05) is 42.5 Å². The first-order chi connectivity index (χ1) is 12.2. The molecule has 2 aromatic carbocycles. The normalized spacial score (nSPS) is 14.1.